The van der Waals surface area contributed by atoms with Crippen molar-refractivity contribution in [3.05, 3.63) is 80.9 Å². The number of nitrogens with zero attached hydrogens (tertiary/aromatic N) is 3. The smallest absolute Gasteiger partial charge is 0.388 e. The van der Waals surface area contributed by atoms with Crippen LogP contribution >= 0.6 is 30.8 Å². The Morgan fingerprint density at radius 3 is 1.94 bits per heavy atom. The molecule has 0 fully saturated rings. The molecule has 4 amide bonds. The highest BCUT2D eigenvalue weighted by molar-refractivity contribution is 7.94. The van der Waals surface area contributed by atoms with Gasteiger partial charge in [-0.15, -0.1) is 0 Å². The van der Waals surface area contributed by atoms with Crippen LogP contribution < -0.4 is 34.6 Å². The monoisotopic (exact) mass is 1090 g/mol. The molecule has 3 aromatic rings. The Hall–Kier alpha value is -5.87. The number of ether oxygens (including phenoxy) is 3. The van der Waals surface area contributed by atoms with E-state index in [-0.39, 0.29) is 23.5 Å². The largest absolute Gasteiger partial charge is 0.778 e. The van der Waals surface area contributed by atoms with Crippen LogP contribution in [0.15, 0.2) is 69.6 Å². The number of benzene rings is 2. The summed E-state index contributed by atoms with van der Waals surface area (Å²) in [6.07, 6.45) is 10.3. The van der Waals surface area contributed by atoms with Gasteiger partial charge in [0.15, 0.2) is 0 Å². The van der Waals surface area contributed by atoms with Gasteiger partial charge in [-0.25, -0.2) is 32.4 Å². The lowest BCUT2D eigenvalue weighted by atomic mass is 9.93. The van der Waals surface area contributed by atoms with Crippen LogP contribution in [0.3, 0.4) is 0 Å². The number of esters is 1. The second-order valence-electron chi connectivity index (χ2n) is 13.9. The number of aromatic nitrogens is 2. The lowest BCUT2D eigenvalue weighted by Gasteiger charge is -2.16. The Morgan fingerprint density at radius 2 is 1.47 bits per heavy atom. The summed E-state index contributed by atoms with van der Waals surface area (Å²) in [4.78, 5) is 94.8. The Balaban J connectivity index is 0.000000380. The van der Waals surface area contributed by atoms with E-state index < -0.39 is 95.8 Å². The molecule has 31 heteroatoms. The molecule has 0 saturated heterocycles. The Kier molecular flexibility index (Phi) is 24.2. The minimum absolute atomic E-state index is 0.137. The van der Waals surface area contributed by atoms with Gasteiger partial charge < -0.3 is 38.8 Å². The second-order valence-corrected chi connectivity index (χ2v) is 20.4. The van der Waals surface area contributed by atoms with E-state index in [2.05, 4.69) is 38.2 Å². The SMILES string of the molecule is CCOC(=O)/C(Cl)=C/c1cc(N2C(=O)C3=C(CCCC3)C2=O)ccc1Cl.C[S+](C)C.O=C(Nc1nc(OC(F)F)cc(OC(F)F)n1)NS(=O)(=O)c1ccccc1C(=O)O.O=C(O)CNCP(=O)([O-])O. The summed E-state index contributed by atoms with van der Waals surface area (Å²) in [6, 6.07) is 7.96. The van der Waals surface area contributed by atoms with E-state index in [0.29, 0.717) is 57.2 Å². The molecule has 5 rings (SSSR count). The number of imide groups is 1. The number of amides is 4. The van der Waals surface area contributed by atoms with Crippen molar-refractivity contribution in [1.29, 1.82) is 0 Å². The van der Waals surface area contributed by atoms with Crippen LogP contribution in [-0.4, -0.2) is 121 Å². The first-order chi connectivity index (χ1) is 32.6. The average Bonchev–Trinajstić information content (AvgIpc) is 3.49. The van der Waals surface area contributed by atoms with Crippen LogP contribution in [0, 0.1) is 0 Å². The number of carbonyl (C=O) groups excluding carboxylic acids is 4. The van der Waals surface area contributed by atoms with Gasteiger partial charge >= 0.3 is 37.2 Å². The number of carboxylic acids is 2. The van der Waals surface area contributed by atoms with Gasteiger partial charge in [0.2, 0.25) is 17.7 Å². The van der Waals surface area contributed by atoms with E-state index in [4.69, 9.17) is 43.0 Å². The molecular weight excluding hydrogens is 1050 g/mol. The van der Waals surface area contributed by atoms with Crippen molar-refractivity contribution in [3.63, 3.8) is 0 Å². The highest BCUT2D eigenvalue weighted by atomic mass is 35.5. The maximum atomic E-state index is 12.7. The Morgan fingerprint density at radius 1 is 0.943 bits per heavy atom. The number of aliphatic carboxylic acids is 1. The molecule has 0 radical (unpaired) electrons. The van der Waals surface area contributed by atoms with E-state index in [1.807, 2.05) is 5.32 Å². The molecule has 2 heterocycles. The summed E-state index contributed by atoms with van der Waals surface area (Å²) in [7, 11) is -8.42. The number of aromatic carboxylic acids is 1. The van der Waals surface area contributed by atoms with E-state index >= 15 is 0 Å². The molecule has 1 aliphatic heterocycles. The summed E-state index contributed by atoms with van der Waals surface area (Å²) in [5.74, 6) is -6.85. The number of halogens is 6. The van der Waals surface area contributed by atoms with Gasteiger partial charge in [-0.1, -0.05) is 35.3 Å². The minimum atomic E-state index is -4.71. The molecule has 0 spiro atoms. The normalized spacial score (nSPS) is 14.2. The summed E-state index contributed by atoms with van der Waals surface area (Å²) in [5.41, 5.74) is 1.40. The van der Waals surface area contributed by atoms with Crippen LogP contribution in [0.4, 0.5) is 34.0 Å². The van der Waals surface area contributed by atoms with Crippen molar-refractivity contribution in [2.75, 3.05) is 48.4 Å². The summed E-state index contributed by atoms with van der Waals surface area (Å²) in [6.45, 7) is -5.42. The van der Waals surface area contributed by atoms with Gasteiger partial charge in [0.1, 0.15) is 17.5 Å². The molecule has 2 aromatic carbocycles. The summed E-state index contributed by atoms with van der Waals surface area (Å²) >= 11 is 12.1. The van der Waals surface area contributed by atoms with Crippen molar-refractivity contribution >= 4 is 105 Å². The molecule has 6 N–H and O–H groups in total. The van der Waals surface area contributed by atoms with Crippen LogP contribution in [0.25, 0.3) is 6.08 Å². The molecule has 1 aliphatic carbocycles. The molecule has 22 nitrogen and oxygen atoms in total. The van der Waals surface area contributed by atoms with Gasteiger partial charge in [-0.3, -0.25) is 25.0 Å². The molecule has 0 saturated carbocycles. The topological polar surface area (TPSA) is 330 Å². The third-order valence-corrected chi connectivity index (χ3v) is 10.5. The molecule has 1 unspecified atom stereocenters. The number of urea groups is 1. The number of sulfonamides is 1. The average molecular weight is 1090 g/mol. The summed E-state index contributed by atoms with van der Waals surface area (Å²) < 4.78 is 97.8. The van der Waals surface area contributed by atoms with Crippen molar-refractivity contribution in [3.8, 4) is 11.8 Å². The van der Waals surface area contributed by atoms with Gasteiger partial charge in [-0.05, 0) is 85.5 Å². The highest BCUT2D eigenvalue weighted by Gasteiger charge is 2.39. The van der Waals surface area contributed by atoms with Gasteiger partial charge in [0.05, 0.1) is 55.5 Å². The van der Waals surface area contributed by atoms with Gasteiger partial charge in [0, 0.05) is 16.2 Å². The molecule has 1 aromatic heterocycles. The van der Waals surface area contributed by atoms with Gasteiger partial charge in [0.25, 0.3) is 21.8 Å². The fourth-order valence-electron chi connectivity index (χ4n) is 5.40. The van der Waals surface area contributed by atoms with Crippen LogP contribution in [-0.2, 0) is 49.4 Å². The van der Waals surface area contributed by atoms with E-state index in [1.165, 1.54) is 27.8 Å². The first-order valence-electron chi connectivity index (χ1n) is 19.4. The number of rotatable bonds is 16. The number of carbonyl (C=O) groups is 6. The minimum Gasteiger partial charge on any atom is -0.778 e. The third kappa shape index (κ3) is 20.6. The predicted molar refractivity (Wildman–Crippen MR) is 243 cm³/mol. The van der Waals surface area contributed by atoms with Gasteiger partial charge in [-0.2, -0.15) is 27.5 Å². The maximum absolute atomic E-state index is 12.7. The van der Waals surface area contributed by atoms with Crippen molar-refractivity contribution in [2.45, 2.75) is 50.7 Å². The zero-order valence-corrected chi connectivity index (χ0v) is 40.9. The number of nitrogens with one attached hydrogen (secondary N) is 3. The van der Waals surface area contributed by atoms with Crippen LogP contribution in [0.5, 0.6) is 11.8 Å². The number of carboxylic acid groups (broad SMARTS) is 2. The highest BCUT2D eigenvalue weighted by Crippen LogP contribution is 2.37. The Bertz CT molecular complexity index is 2570. The quantitative estimate of drug-likeness (QED) is 0.0281. The molecule has 384 valence electrons. The predicted octanol–water partition coefficient (Wildman–Crippen LogP) is 4.77. The van der Waals surface area contributed by atoms with E-state index in [1.54, 1.807) is 30.4 Å². The van der Waals surface area contributed by atoms with E-state index in [0.717, 1.165) is 25.0 Å². The number of alkyl halides is 4. The summed E-state index contributed by atoms with van der Waals surface area (Å²) in [5, 5.41) is 20.9. The fraction of sp³-hybridized carbons (Fsp3) is 0.333. The first-order valence-corrected chi connectivity index (χ1v) is 25.9. The van der Waals surface area contributed by atoms with Crippen molar-refractivity contribution in [2.24, 2.45) is 0 Å². The fourth-order valence-corrected chi connectivity index (χ4v) is 7.25. The zero-order valence-electron chi connectivity index (χ0n) is 36.8. The van der Waals surface area contributed by atoms with E-state index in [9.17, 15) is 64.2 Å². The number of anilines is 2. The molecular formula is C39H43Cl2F4N6O16PS2. The third-order valence-electron chi connectivity index (χ3n) is 7.93. The van der Waals surface area contributed by atoms with Crippen molar-refractivity contribution in [1.82, 2.24) is 20.0 Å². The molecule has 2 aliphatic rings. The lowest BCUT2D eigenvalue weighted by molar-refractivity contribution is -0.193. The first kappa shape index (κ1) is 60.3. The van der Waals surface area contributed by atoms with Crippen LogP contribution in [0.2, 0.25) is 5.02 Å². The number of hydrogen-bond donors (Lipinski definition) is 6. The molecule has 1 atom stereocenters. The zero-order chi connectivity index (χ0) is 53.1. The standard InChI is InChI=1S/C19H17Cl2NO4.C14H10F4N4O7S.C3H8NO5P.C3H9S/c1-2-26-19(25)16(21)10-11-9-12(7-8-15(11)20)22-17(23)13-5-3-4-6-14(13)18(22)24;15-11(16)28-8-5-9(29-12(17)18)20-13(19-8)21-14(25)22-30(26,27)7-4-2-1-3-6(7)10(23)24;5-3(6)1-4-2-10(7,8)9;1-4(2)3/h7-10H,2-6H2,1H3;1-5,11-12H,(H,23,24)(H2,19,20,21,22,25);4H,1-2H2,(H,5,6)(H2,7,8,9);1-3H3/q;;;+1/p-1/b16-10-;;;. The van der Waals surface area contributed by atoms with Crippen LogP contribution in [0.1, 0.15) is 48.5 Å². The Labute approximate surface area is 408 Å². The molecule has 70 heavy (non-hydrogen) atoms. The number of hydrogen-bond acceptors (Lipinski definition) is 16. The maximum Gasteiger partial charge on any atom is 0.388 e. The molecule has 0 bridgehead atoms. The van der Waals surface area contributed by atoms with Crippen molar-refractivity contribution < 1.29 is 93.5 Å². The second kappa shape index (κ2) is 28.1. The lowest BCUT2D eigenvalue weighted by Crippen LogP contribution is -2.35.